The van der Waals surface area contributed by atoms with E-state index in [0.29, 0.717) is 10.7 Å². The standard InChI is InChI=1S/C13H19ClN2O/c1-8-4-12(15)11(14)5-13(8)16-6-9(2)17-10(3)7-16/h4-5,9-10H,6-7,15H2,1-3H3. The second-order valence-electron chi connectivity index (χ2n) is 4.82. The minimum absolute atomic E-state index is 0.245. The smallest absolute Gasteiger partial charge is 0.0726 e. The number of halogens is 1. The van der Waals surface area contributed by atoms with E-state index in [4.69, 9.17) is 22.1 Å². The zero-order chi connectivity index (χ0) is 12.6. The summed E-state index contributed by atoms with van der Waals surface area (Å²) in [6, 6.07) is 3.89. The highest BCUT2D eigenvalue weighted by atomic mass is 35.5. The zero-order valence-corrected chi connectivity index (χ0v) is 11.3. The molecule has 1 saturated heterocycles. The minimum atomic E-state index is 0.245. The third kappa shape index (κ3) is 2.67. The van der Waals surface area contributed by atoms with Crippen LogP contribution in [0.3, 0.4) is 0 Å². The normalized spacial score (nSPS) is 25.1. The summed E-state index contributed by atoms with van der Waals surface area (Å²) in [4.78, 5) is 2.32. The summed E-state index contributed by atoms with van der Waals surface area (Å²) in [5.41, 5.74) is 8.76. The van der Waals surface area contributed by atoms with E-state index in [2.05, 4.69) is 25.7 Å². The van der Waals surface area contributed by atoms with Gasteiger partial charge in [0.05, 0.1) is 22.9 Å². The van der Waals surface area contributed by atoms with Crippen molar-refractivity contribution in [3.8, 4) is 0 Å². The van der Waals surface area contributed by atoms with E-state index in [1.54, 1.807) is 0 Å². The van der Waals surface area contributed by atoms with Gasteiger partial charge >= 0.3 is 0 Å². The van der Waals surface area contributed by atoms with Crippen LogP contribution in [-0.2, 0) is 4.74 Å². The molecule has 0 bridgehead atoms. The van der Waals surface area contributed by atoms with E-state index in [0.717, 1.165) is 24.3 Å². The predicted octanol–water partition coefficient (Wildman–Crippen LogP) is 2.84. The quantitative estimate of drug-likeness (QED) is 0.784. The summed E-state index contributed by atoms with van der Waals surface area (Å²) in [6.07, 6.45) is 0.490. The van der Waals surface area contributed by atoms with Crippen molar-refractivity contribution in [2.45, 2.75) is 33.0 Å². The number of nitrogens with zero attached hydrogens (tertiary/aromatic N) is 1. The molecule has 17 heavy (non-hydrogen) atoms. The maximum Gasteiger partial charge on any atom is 0.0726 e. The molecule has 2 unspecified atom stereocenters. The van der Waals surface area contributed by atoms with E-state index in [-0.39, 0.29) is 12.2 Å². The van der Waals surface area contributed by atoms with Crippen molar-refractivity contribution >= 4 is 23.0 Å². The average Bonchev–Trinajstić information content (AvgIpc) is 2.22. The Morgan fingerprint density at radius 1 is 1.29 bits per heavy atom. The van der Waals surface area contributed by atoms with Crippen LogP contribution in [0, 0.1) is 6.92 Å². The molecular formula is C13H19ClN2O. The van der Waals surface area contributed by atoms with Crippen LogP contribution in [0.1, 0.15) is 19.4 Å². The molecule has 0 aromatic heterocycles. The van der Waals surface area contributed by atoms with Crippen molar-refractivity contribution < 1.29 is 4.74 Å². The van der Waals surface area contributed by atoms with Crippen molar-refractivity contribution in [2.75, 3.05) is 23.7 Å². The first-order chi connectivity index (χ1) is 7.97. The SMILES string of the molecule is Cc1cc(N)c(Cl)cc1N1CC(C)OC(C)C1. The highest BCUT2D eigenvalue weighted by molar-refractivity contribution is 6.33. The van der Waals surface area contributed by atoms with Gasteiger partial charge in [0.2, 0.25) is 0 Å². The molecule has 0 amide bonds. The number of nitrogen functional groups attached to an aromatic ring is 1. The van der Waals surface area contributed by atoms with E-state index in [1.807, 2.05) is 12.1 Å². The van der Waals surface area contributed by atoms with Crippen LogP contribution in [0.15, 0.2) is 12.1 Å². The lowest BCUT2D eigenvalue weighted by molar-refractivity contribution is -0.00524. The van der Waals surface area contributed by atoms with Crippen LogP contribution < -0.4 is 10.6 Å². The monoisotopic (exact) mass is 254 g/mol. The molecule has 1 heterocycles. The van der Waals surface area contributed by atoms with E-state index >= 15 is 0 Å². The average molecular weight is 255 g/mol. The van der Waals surface area contributed by atoms with Gasteiger partial charge in [-0.15, -0.1) is 0 Å². The Labute approximate surface area is 107 Å². The maximum atomic E-state index is 6.09. The van der Waals surface area contributed by atoms with Crippen molar-refractivity contribution in [3.05, 3.63) is 22.7 Å². The molecular weight excluding hydrogens is 236 g/mol. The molecule has 94 valence electrons. The van der Waals surface area contributed by atoms with Crippen molar-refractivity contribution in [3.63, 3.8) is 0 Å². The Hall–Kier alpha value is -0.930. The van der Waals surface area contributed by atoms with Crippen molar-refractivity contribution in [2.24, 2.45) is 0 Å². The number of hydrogen-bond donors (Lipinski definition) is 1. The molecule has 0 radical (unpaired) electrons. The van der Waals surface area contributed by atoms with Gasteiger partial charge in [0.1, 0.15) is 0 Å². The van der Waals surface area contributed by atoms with E-state index in [1.165, 1.54) is 0 Å². The number of nitrogens with two attached hydrogens (primary N) is 1. The zero-order valence-electron chi connectivity index (χ0n) is 10.5. The number of ether oxygens (including phenoxy) is 1. The summed E-state index contributed by atoms with van der Waals surface area (Å²) in [6.45, 7) is 8.04. The van der Waals surface area contributed by atoms with Crippen LogP contribution in [0.5, 0.6) is 0 Å². The number of benzene rings is 1. The predicted molar refractivity (Wildman–Crippen MR) is 72.8 cm³/mol. The molecule has 0 spiro atoms. The third-order valence-electron chi connectivity index (χ3n) is 3.08. The molecule has 0 saturated carbocycles. The molecule has 3 nitrogen and oxygen atoms in total. The van der Waals surface area contributed by atoms with Crippen LogP contribution >= 0.6 is 11.6 Å². The lowest BCUT2D eigenvalue weighted by Crippen LogP contribution is -2.45. The van der Waals surface area contributed by atoms with Gasteiger partial charge in [-0.1, -0.05) is 11.6 Å². The van der Waals surface area contributed by atoms with Gasteiger partial charge in [-0.25, -0.2) is 0 Å². The fraction of sp³-hybridized carbons (Fsp3) is 0.538. The van der Waals surface area contributed by atoms with Crippen LogP contribution in [0.4, 0.5) is 11.4 Å². The first kappa shape index (κ1) is 12.5. The van der Waals surface area contributed by atoms with Gasteiger partial charge < -0.3 is 15.4 Å². The van der Waals surface area contributed by atoms with Gasteiger partial charge in [-0.05, 0) is 38.5 Å². The summed E-state index contributed by atoms with van der Waals surface area (Å²) in [5.74, 6) is 0. The first-order valence-corrected chi connectivity index (χ1v) is 6.31. The van der Waals surface area contributed by atoms with Gasteiger partial charge in [0.15, 0.2) is 0 Å². The number of rotatable bonds is 1. The lowest BCUT2D eigenvalue weighted by atomic mass is 10.1. The Morgan fingerprint density at radius 2 is 1.88 bits per heavy atom. The highest BCUT2D eigenvalue weighted by Crippen LogP contribution is 2.31. The first-order valence-electron chi connectivity index (χ1n) is 5.93. The largest absolute Gasteiger partial charge is 0.398 e. The van der Waals surface area contributed by atoms with Crippen molar-refractivity contribution in [1.82, 2.24) is 0 Å². The Kier molecular flexibility index (Phi) is 3.50. The fourth-order valence-corrected chi connectivity index (χ4v) is 2.57. The summed E-state index contributed by atoms with van der Waals surface area (Å²) >= 11 is 6.09. The molecule has 2 rings (SSSR count). The molecule has 1 aromatic rings. The van der Waals surface area contributed by atoms with E-state index < -0.39 is 0 Å². The third-order valence-corrected chi connectivity index (χ3v) is 3.40. The number of aryl methyl sites for hydroxylation is 1. The second kappa shape index (κ2) is 4.75. The molecule has 1 aliphatic rings. The number of hydrogen-bond acceptors (Lipinski definition) is 3. The van der Waals surface area contributed by atoms with Gasteiger partial charge in [-0.3, -0.25) is 0 Å². The second-order valence-corrected chi connectivity index (χ2v) is 5.23. The Bertz CT molecular complexity index is 412. The Balaban J connectivity index is 2.30. The Morgan fingerprint density at radius 3 is 2.47 bits per heavy atom. The fourth-order valence-electron chi connectivity index (χ4n) is 2.41. The number of anilines is 2. The lowest BCUT2D eigenvalue weighted by Gasteiger charge is -2.37. The maximum absolute atomic E-state index is 6.09. The molecule has 1 fully saturated rings. The molecule has 1 aromatic carbocycles. The molecule has 0 aliphatic carbocycles. The topological polar surface area (TPSA) is 38.5 Å². The molecule has 2 atom stereocenters. The number of morpholine rings is 1. The van der Waals surface area contributed by atoms with Gasteiger partial charge in [-0.2, -0.15) is 0 Å². The van der Waals surface area contributed by atoms with Crippen LogP contribution in [0.2, 0.25) is 5.02 Å². The minimum Gasteiger partial charge on any atom is -0.398 e. The van der Waals surface area contributed by atoms with Crippen LogP contribution in [0.25, 0.3) is 0 Å². The van der Waals surface area contributed by atoms with E-state index in [9.17, 15) is 0 Å². The molecule has 4 heteroatoms. The highest BCUT2D eigenvalue weighted by Gasteiger charge is 2.23. The van der Waals surface area contributed by atoms with Gasteiger partial charge in [0.25, 0.3) is 0 Å². The summed E-state index contributed by atoms with van der Waals surface area (Å²) < 4.78 is 5.73. The van der Waals surface area contributed by atoms with Crippen LogP contribution in [-0.4, -0.2) is 25.3 Å². The van der Waals surface area contributed by atoms with Gasteiger partial charge in [0, 0.05) is 18.8 Å². The molecule has 1 aliphatic heterocycles. The van der Waals surface area contributed by atoms with Crippen molar-refractivity contribution in [1.29, 1.82) is 0 Å². The summed E-state index contributed by atoms with van der Waals surface area (Å²) in [5, 5.41) is 0.623. The summed E-state index contributed by atoms with van der Waals surface area (Å²) in [7, 11) is 0. The molecule has 2 N–H and O–H groups in total.